The molecule has 1 aliphatic rings. The molecule has 0 radical (unpaired) electrons. The maximum atomic E-state index is 12.0. The van der Waals surface area contributed by atoms with Gasteiger partial charge in [-0.3, -0.25) is 9.59 Å². The lowest BCUT2D eigenvalue weighted by molar-refractivity contribution is -0.123. The van der Waals surface area contributed by atoms with Crippen molar-refractivity contribution in [1.29, 1.82) is 0 Å². The molecule has 0 saturated carbocycles. The maximum absolute atomic E-state index is 12.0. The molecule has 2 aromatic rings. The topological polar surface area (TPSA) is 67.4 Å². The Morgan fingerprint density at radius 1 is 1.08 bits per heavy atom. The number of carbonyl (C=O) groups excluding carboxylic acids is 2. The fraction of sp³-hybridized carbons (Fsp3) is 0.222. The van der Waals surface area contributed by atoms with Gasteiger partial charge in [-0.15, -0.1) is 0 Å². The molecule has 0 saturated heterocycles. The van der Waals surface area contributed by atoms with E-state index in [1.165, 1.54) is 0 Å². The van der Waals surface area contributed by atoms with Crippen LogP contribution in [-0.4, -0.2) is 25.0 Å². The van der Waals surface area contributed by atoms with E-state index >= 15 is 0 Å². The Kier molecular flexibility index (Phi) is 5.01. The lowest BCUT2D eigenvalue weighted by atomic mass is 10.1. The Balaban J connectivity index is 1.46. The maximum Gasteiger partial charge on any atom is 0.243 e. The fourth-order valence-electron chi connectivity index (χ4n) is 2.52. The summed E-state index contributed by atoms with van der Waals surface area (Å²) in [5.74, 6) is 0.412. The quantitative estimate of drug-likeness (QED) is 0.876. The molecule has 1 aliphatic heterocycles. The molecule has 0 aliphatic carbocycles. The Bertz CT molecular complexity index is 759. The van der Waals surface area contributed by atoms with Gasteiger partial charge in [0.15, 0.2) is 0 Å². The van der Waals surface area contributed by atoms with E-state index < -0.39 is 0 Å². The van der Waals surface area contributed by atoms with Crippen LogP contribution in [0.1, 0.15) is 11.1 Å². The minimum atomic E-state index is -0.284. The van der Waals surface area contributed by atoms with Crippen molar-refractivity contribution < 1.29 is 14.3 Å². The summed E-state index contributed by atoms with van der Waals surface area (Å²) in [5, 5.41) is 5.91. The van der Waals surface area contributed by atoms with Crippen molar-refractivity contribution in [2.75, 3.05) is 18.5 Å². The Hall–Kier alpha value is -2.53. The minimum absolute atomic E-state index is 0.0739. The molecule has 5 nitrogen and oxygen atoms in total. The SMILES string of the molecule is O=C(Cc1ccc2c(c1)CCO2)NCC(=O)Nc1ccc(Cl)cc1. The normalized spacial score (nSPS) is 12.2. The van der Waals surface area contributed by atoms with E-state index in [0.29, 0.717) is 17.3 Å². The average Bonchev–Trinajstić information content (AvgIpc) is 3.03. The molecule has 0 bridgehead atoms. The predicted molar refractivity (Wildman–Crippen MR) is 92.4 cm³/mol. The van der Waals surface area contributed by atoms with E-state index in [1.54, 1.807) is 24.3 Å². The number of hydrogen-bond acceptors (Lipinski definition) is 3. The molecule has 2 aromatic carbocycles. The van der Waals surface area contributed by atoms with Crippen molar-refractivity contribution in [3.8, 4) is 5.75 Å². The van der Waals surface area contributed by atoms with Crippen molar-refractivity contribution in [3.63, 3.8) is 0 Å². The van der Waals surface area contributed by atoms with E-state index in [4.69, 9.17) is 16.3 Å². The molecule has 2 amide bonds. The van der Waals surface area contributed by atoms with Gasteiger partial charge in [0.2, 0.25) is 11.8 Å². The highest BCUT2D eigenvalue weighted by Gasteiger charge is 2.13. The minimum Gasteiger partial charge on any atom is -0.493 e. The summed E-state index contributed by atoms with van der Waals surface area (Å²) in [7, 11) is 0. The van der Waals surface area contributed by atoms with Gasteiger partial charge < -0.3 is 15.4 Å². The monoisotopic (exact) mass is 344 g/mol. The van der Waals surface area contributed by atoms with Gasteiger partial charge in [-0.2, -0.15) is 0 Å². The Labute approximate surface area is 145 Å². The van der Waals surface area contributed by atoms with E-state index in [-0.39, 0.29) is 24.8 Å². The third kappa shape index (κ3) is 4.26. The highest BCUT2D eigenvalue weighted by Crippen LogP contribution is 2.25. The van der Waals surface area contributed by atoms with Crippen LogP contribution in [0.3, 0.4) is 0 Å². The number of fused-ring (bicyclic) bond motifs is 1. The number of anilines is 1. The third-order valence-electron chi connectivity index (χ3n) is 3.69. The van der Waals surface area contributed by atoms with Gasteiger partial charge in [0.25, 0.3) is 0 Å². The molecular weight excluding hydrogens is 328 g/mol. The molecule has 0 fully saturated rings. The zero-order valence-corrected chi connectivity index (χ0v) is 13.7. The van der Waals surface area contributed by atoms with Crippen LogP contribution >= 0.6 is 11.6 Å². The molecule has 1 heterocycles. The third-order valence-corrected chi connectivity index (χ3v) is 3.94. The summed E-state index contributed by atoms with van der Waals surface area (Å²) < 4.78 is 5.44. The number of benzene rings is 2. The standard InChI is InChI=1S/C18H17ClN2O3/c19-14-2-4-15(5-3-14)21-18(23)11-20-17(22)10-12-1-6-16-13(9-12)7-8-24-16/h1-6,9H,7-8,10-11H2,(H,20,22)(H,21,23). The summed E-state index contributed by atoms with van der Waals surface area (Å²) in [6, 6.07) is 12.5. The van der Waals surface area contributed by atoms with E-state index in [0.717, 1.165) is 23.3 Å². The zero-order chi connectivity index (χ0) is 16.9. The summed E-state index contributed by atoms with van der Waals surface area (Å²) in [6.45, 7) is 0.616. The smallest absolute Gasteiger partial charge is 0.243 e. The molecule has 0 atom stereocenters. The lowest BCUT2D eigenvalue weighted by Crippen LogP contribution is -2.33. The molecule has 0 unspecified atom stereocenters. The largest absolute Gasteiger partial charge is 0.493 e. The molecule has 0 aromatic heterocycles. The second kappa shape index (κ2) is 7.36. The van der Waals surface area contributed by atoms with E-state index in [2.05, 4.69) is 10.6 Å². The second-order valence-corrected chi connectivity index (χ2v) is 5.99. The number of amides is 2. The zero-order valence-electron chi connectivity index (χ0n) is 13.0. The summed E-state index contributed by atoms with van der Waals surface area (Å²) >= 11 is 5.79. The number of rotatable bonds is 5. The molecule has 3 rings (SSSR count). The van der Waals surface area contributed by atoms with Crippen molar-refractivity contribution in [2.24, 2.45) is 0 Å². The van der Waals surface area contributed by atoms with Crippen LogP contribution in [0.4, 0.5) is 5.69 Å². The first kappa shape index (κ1) is 16.3. The molecule has 0 spiro atoms. The number of carbonyl (C=O) groups is 2. The molecule has 24 heavy (non-hydrogen) atoms. The fourth-order valence-corrected chi connectivity index (χ4v) is 2.64. The summed E-state index contributed by atoms with van der Waals surface area (Å²) in [4.78, 5) is 23.8. The van der Waals surface area contributed by atoms with Gasteiger partial charge in [0, 0.05) is 17.1 Å². The van der Waals surface area contributed by atoms with Gasteiger partial charge in [0.1, 0.15) is 5.75 Å². The van der Waals surface area contributed by atoms with E-state index in [1.807, 2.05) is 18.2 Å². The number of ether oxygens (including phenoxy) is 1. The average molecular weight is 345 g/mol. The van der Waals surface area contributed by atoms with Crippen LogP contribution in [0.2, 0.25) is 5.02 Å². The van der Waals surface area contributed by atoms with Crippen LogP contribution in [0.5, 0.6) is 5.75 Å². The van der Waals surface area contributed by atoms with Gasteiger partial charge in [-0.1, -0.05) is 23.7 Å². The van der Waals surface area contributed by atoms with Crippen LogP contribution in [0.25, 0.3) is 0 Å². The van der Waals surface area contributed by atoms with Crippen LogP contribution in [0.15, 0.2) is 42.5 Å². The molecule has 6 heteroatoms. The molecule has 124 valence electrons. The van der Waals surface area contributed by atoms with Crippen LogP contribution in [0, 0.1) is 0 Å². The number of hydrogen-bond donors (Lipinski definition) is 2. The van der Waals surface area contributed by atoms with Gasteiger partial charge >= 0.3 is 0 Å². The predicted octanol–water partition coefficient (Wildman–Crippen LogP) is 2.57. The van der Waals surface area contributed by atoms with Crippen LogP contribution in [-0.2, 0) is 22.4 Å². The van der Waals surface area contributed by atoms with E-state index in [9.17, 15) is 9.59 Å². The second-order valence-electron chi connectivity index (χ2n) is 5.55. The van der Waals surface area contributed by atoms with Crippen molar-refractivity contribution in [3.05, 3.63) is 58.6 Å². The number of halogens is 1. The summed E-state index contributed by atoms with van der Waals surface area (Å²) in [5.41, 5.74) is 2.67. The molecular formula is C18H17ClN2O3. The van der Waals surface area contributed by atoms with Crippen molar-refractivity contribution in [1.82, 2.24) is 5.32 Å². The first-order valence-corrected chi connectivity index (χ1v) is 8.05. The highest BCUT2D eigenvalue weighted by atomic mass is 35.5. The van der Waals surface area contributed by atoms with Gasteiger partial charge in [0.05, 0.1) is 19.6 Å². The summed E-state index contributed by atoms with van der Waals surface area (Å²) in [6.07, 6.45) is 1.11. The van der Waals surface area contributed by atoms with Crippen LogP contribution < -0.4 is 15.4 Å². The Morgan fingerprint density at radius 3 is 2.67 bits per heavy atom. The first-order chi connectivity index (χ1) is 11.6. The van der Waals surface area contributed by atoms with Crippen molar-refractivity contribution in [2.45, 2.75) is 12.8 Å². The van der Waals surface area contributed by atoms with Gasteiger partial charge in [-0.05, 0) is 41.5 Å². The number of nitrogens with one attached hydrogen (secondary N) is 2. The van der Waals surface area contributed by atoms with Gasteiger partial charge in [-0.25, -0.2) is 0 Å². The first-order valence-electron chi connectivity index (χ1n) is 7.67. The lowest BCUT2D eigenvalue weighted by Gasteiger charge is -2.08. The highest BCUT2D eigenvalue weighted by molar-refractivity contribution is 6.30. The van der Waals surface area contributed by atoms with Crippen molar-refractivity contribution >= 4 is 29.1 Å². The Morgan fingerprint density at radius 2 is 1.88 bits per heavy atom. The molecule has 2 N–H and O–H groups in total.